The van der Waals surface area contributed by atoms with Gasteiger partial charge in [0, 0.05) is 0 Å². The van der Waals surface area contributed by atoms with Crippen molar-refractivity contribution in [1.82, 2.24) is 29.9 Å². The zero-order valence-corrected chi connectivity index (χ0v) is 34.6. The molecular formula is C41H35FI2N11-. The van der Waals surface area contributed by atoms with E-state index in [4.69, 9.17) is 18.2 Å². The third kappa shape index (κ3) is 8.19. The van der Waals surface area contributed by atoms with Gasteiger partial charge in [-0.15, -0.1) is 0 Å². The number of aromatic nitrogens is 7. The van der Waals surface area contributed by atoms with Crippen molar-refractivity contribution in [3.05, 3.63) is 135 Å². The molecule has 2 aliphatic heterocycles. The fourth-order valence-corrected chi connectivity index (χ4v) is 9.44. The third-order valence-electron chi connectivity index (χ3n) is 9.02. The van der Waals surface area contributed by atoms with E-state index in [-0.39, 0.29) is 11.9 Å². The Morgan fingerprint density at radius 2 is 1.36 bits per heavy atom. The average molecular weight is 955 g/mol. The Labute approximate surface area is 338 Å². The molecule has 1 aromatic carbocycles. The van der Waals surface area contributed by atoms with Crippen LogP contribution in [0.5, 0.6) is 0 Å². The summed E-state index contributed by atoms with van der Waals surface area (Å²) in [5.74, 6) is 0.973. The molecule has 6 aromatic rings. The minimum atomic E-state index is -0.631. The summed E-state index contributed by atoms with van der Waals surface area (Å²) in [6, 6.07) is 14.5. The van der Waals surface area contributed by atoms with Gasteiger partial charge in [0.2, 0.25) is 0 Å². The molecule has 55 heavy (non-hydrogen) atoms. The molecule has 0 saturated carbocycles. The first-order chi connectivity index (χ1) is 26.8. The van der Waals surface area contributed by atoms with Crippen molar-refractivity contribution in [2.75, 3.05) is 10.6 Å². The van der Waals surface area contributed by atoms with E-state index in [0.29, 0.717) is 22.9 Å². The summed E-state index contributed by atoms with van der Waals surface area (Å²) in [4.78, 5) is 28.7. The summed E-state index contributed by atoms with van der Waals surface area (Å²) >= 11 is -1.08. The Morgan fingerprint density at radius 3 is 2.13 bits per heavy atom. The fourth-order valence-electron chi connectivity index (χ4n) is 6.02. The van der Waals surface area contributed by atoms with Crippen LogP contribution in [0, 0.1) is 12.7 Å². The average Bonchev–Trinajstić information content (AvgIpc) is 3.56. The first-order valence-electron chi connectivity index (χ1n) is 17.4. The Morgan fingerprint density at radius 1 is 0.655 bits per heavy atom. The molecule has 11 nitrogen and oxygen atoms in total. The van der Waals surface area contributed by atoms with Crippen LogP contribution in [0.2, 0.25) is 0 Å². The number of nitrogens with zero attached hydrogens (tertiary/aromatic N) is 9. The van der Waals surface area contributed by atoms with E-state index in [0.717, 1.165) is 61.3 Å². The van der Waals surface area contributed by atoms with E-state index in [1.807, 2.05) is 68.3 Å². The molecule has 5 aromatic heterocycles. The number of nitrogens with one attached hydrogen (secondary N) is 2. The summed E-state index contributed by atoms with van der Waals surface area (Å²) in [7, 11) is 0. The van der Waals surface area contributed by atoms with Gasteiger partial charge in [0.1, 0.15) is 0 Å². The summed E-state index contributed by atoms with van der Waals surface area (Å²) in [5, 5.41) is 8.95. The van der Waals surface area contributed by atoms with E-state index >= 15 is 0 Å². The van der Waals surface area contributed by atoms with Gasteiger partial charge in [-0.05, 0) is 6.92 Å². The quantitative estimate of drug-likeness (QED) is 0.166. The molecule has 0 amide bonds. The molecule has 0 bridgehead atoms. The number of anilines is 2. The number of hydrogen-bond acceptors (Lipinski definition) is 10. The summed E-state index contributed by atoms with van der Waals surface area (Å²) < 4.78 is 29.9. The second-order valence-corrected chi connectivity index (χ2v) is 16.4. The molecule has 1 unspecified atom stereocenters. The van der Waals surface area contributed by atoms with Crippen LogP contribution in [0.3, 0.4) is 0 Å². The Balaban J connectivity index is 1.27. The van der Waals surface area contributed by atoms with Crippen molar-refractivity contribution in [2.45, 2.75) is 39.9 Å². The van der Waals surface area contributed by atoms with Gasteiger partial charge in [0.15, 0.2) is 0 Å². The van der Waals surface area contributed by atoms with Crippen LogP contribution < -0.4 is 58.2 Å². The Kier molecular flexibility index (Phi) is 10.8. The van der Waals surface area contributed by atoms with Crippen LogP contribution in [0.15, 0.2) is 130 Å². The molecule has 0 saturated heterocycles. The number of aryl methyl sites for hydroxylation is 1. The van der Waals surface area contributed by atoms with Gasteiger partial charge in [-0.1, -0.05) is 0 Å². The monoisotopic (exact) mass is 954 g/mol. The molecule has 8 rings (SSSR count). The zero-order chi connectivity index (χ0) is 37.9. The van der Waals surface area contributed by atoms with Crippen molar-refractivity contribution in [3.63, 3.8) is 0 Å². The van der Waals surface area contributed by atoms with Crippen molar-refractivity contribution < 1.29 is 51.9 Å². The van der Waals surface area contributed by atoms with Gasteiger partial charge in [-0.2, -0.15) is 0 Å². The number of fused-ring (bicyclic) bond motifs is 2. The standard InChI is InChI=1S/C41H34FI2N11/c1-24-5-14-36(45-19-24)32-16-34-37(46-21-32)48-22-49-38(34)52-40(30-9-7-26(3)54-44-18-30)55-23-50-39(51-27(4)29-8-6-25(2)53-43-17-29)35-15-31(20-47-41(35)55)28-10-12-33(42)13-11-28/h5-23,27,40H,1-4H3,(H,45,46,48,49,52)/q-2/p+1/t27-,40?/m1/s1. The molecule has 0 radical (unpaired) electrons. The Hall–Kier alpha value is -5.36. The van der Waals surface area contributed by atoms with Crippen molar-refractivity contribution in [2.24, 2.45) is 6.41 Å². The van der Waals surface area contributed by atoms with Gasteiger partial charge in [-0.3, -0.25) is 0 Å². The van der Waals surface area contributed by atoms with E-state index in [2.05, 4.69) is 68.2 Å². The van der Waals surface area contributed by atoms with E-state index in [1.165, 1.54) is 18.5 Å². The van der Waals surface area contributed by atoms with Crippen molar-refractivity contribution >= 4 is 45.1 Å². The van der Waals surface area contributed by atoms with E-state index in [9.17, 15) is 4.39 Å². The van der Waals surface area contributed by atoms with Crippen LogP contribution in [-0.4, -0.2) is 47.4 Å². The molecular weight excluding hydrogens is 919 g/mol. The van der Waals surface area contributed by atoms with Gasteiger partial charge < -0.3 is 0 Å². The van der Waals surface area contributed by atoms with Gasteiger partial charge in [-0.25, -0.2) is 4.39 Å². The van der Waals surface area contributed by atoms with Crippen LogP contribution in [0.25, 0.3) is 44.5 Å². The van der Waals surface area contributed by atoms with Crippen LogP contribution in [0.1, 0.15) is 32.5 Å². The minimum absolute atomic E-state index is 0.0542. The summed E-state index contributed by atoms with van der Waals surface area (Å²) in [6.45, 7) is 8.17. The molecule has 7 heterocycles. The predicted octanol–water partition coefficient (Wildman–Crippen LogP) is 1.68. The van der Waals surface area contributed by atoms with Crippen molar-refractivity contribution in [1.29, 1.82) is 0 Å². The van der Waals surface area contributed by atoms with E-state index < -0.39 is 49.1 Å². The number of hydrogen-bond donors (Lipinski definition) is 2. The summed E-state index contributed by atoms with van der Waals surface area (Å²) in [5.41, 5.74) is 9.80. The second kappa shape index (κ2) is 16.2. The molecule has 0 aliphatic carbocycles. The molecule has 0 spiro atoms. The molecule has 2 aliphatic rings. The molecule has 0 fully saturated rings. The van der Waals surface area contributed by atoms with E-state index in [1.54, 1.807) is 18.3 Å². The van der Waals surface area contributed by atoms with Crippen LogP contribution in [0.4, 0.5) is 16.0 Å². The SMILES string of the molecule is CC1=N[I-]C=C(C(Nc2ncnc3ncc(-c4ccc(C)cn4)cc23)[n+]2cnc(N[C@H](C)C3=C[I-]N=C(C)C=C3)c3cc(-c4ccc(F)cc4)cnc32)C=C1. The first kappa shape index (κ1) is 36.6. The number of pyridine rings is 3. The van der Waals surface area contributed by atoms with Crippen molar-refractivity contribution in [3.8, 4) is 22.4 Å². The molecule has 14 heteroatoms. The number of rotatable bonds is 9. The summed E-state index contributed by atoms with van der Waals surface area (Å²) in [6.07, 6.45) is 16.6. The maximum absolute atomic E-state index is 14.0. The van der Waals surface area contributed by atoms with Gasteiger partial charge in [0.25, 0.3) is 0 Å². The van der Waals surface area contributed by atoms with Gasteiger partial charge in [0.05, 0.1) is 0 Å². The fraction of sp³-hybridized carbons (Fsp3) is 0.146. The Bertz CT molecular complexity index is 2620. The molecule has 2 atom stereocenters. The number of halogens is 3. The third-order valence-corrected chi connectivity index (χ3v) is 13.1. The molecule has 276 valence electrons. The maximum atomic E-state index is 14.0. The molecule has 2 N–H and O–H groups in total. The topological polar surface area (TPSA) is 130 Å². The normalized spacial score (nSPS) is 15.7. The van der Waals surface area contributed by atoms with Crippen LogP contribution >= 0.6 is 0 Å². The predicted molar refractivity (Wildman–Crippen MR) is 207 cm³/mol. The van der Waals surface area contributed by atoms with Gasteiger partial charge >= 0.3 is 330 Å². The number of benzene rings is 1. The first-order valence-corrected chi connectivity index (χ1v) is 21.8. The number of allylic oxidation sites excluding steroid dienone is 2. The zero-order valence-electron chi connectivity index (χ0n) is 30.3. The van der Waals surface area contributed by atoms with Crippen LogP contribution in [-0.2, 0) is 0 Å². The second-order valence-electron chi connectivity index (χ2n) is 13.1.